The highest BCUT2D eigenvalue weighted by Gasteiger charge is 2.52. The molecule has 0 radical (unpaired) electrons. The van der Waals surface area contributed by atoms with Crippen molar-refractivity contribution in [2.75, 3.05) is 5.75 Å². The highest BCUT2D eigenvalue weighted by atomic mass is 32.2. The summed E-state index contributed by atoms with van der Waals surface area (Å²) in [6.45, 7) is 2.23. The van der Waals surface area contributed by atoms with E-state index in [2.05, 4.69) is 18.7 Å². The molecule has 4 aliphatic rings. The lowest BCUT2D eigenvalue weighted by atomic mass is 9.68. The topological polar surface area (TPSA) is 9.23 Å². The minimum Gasteiger partial charge on any atom is -0.360 e. The fraction of sp³-hybridized carbons (Fsp3) is 1.00. The first kappa shape index (κ1) is 8.60. The van der Waals surface area contributed by atoms with Gasteiger partial charge in [-0.05, 0) is 50.9 Å². The molecule has 3 aliphatic carbocycles. The summed E-state index contributed by atoms with van der Waals surface area (Å²) in [7, 11) is 0. The van der Waals surface area contributed by atoms with Crippen molar-refractivity contribution in [3.8, 4) is 0 Å². The van der Waals surface area contributed by atoms with E-state index >= 15 is 0 Å². The molecule has 0 aromatic heterocycles. The Labute approximate surface area is 84.6 Å². The molecule has 1 saturated heterocycles. The Hall–Kier alpha value is 0.310. The van der Waals surface area contributed by atoms with Crippen molar-refractivity contribution in [2.45, 2.75) is 50.1 Å². The van der Waals surface area contributed by atoms with Crippen LogP contribution in [0.2, 0.25) is 0 Å². The summed E-state index contributed by atoms with van der Waals surface area (Å²) < 4.78 is 6.19. The van der Waals surface area contributed by atoms with Gasteiger partial charge in [-0.1, -0.05) is 0 Å². The zero-order valence-electron chi connectivity index (χ0n) is 8.29. The van der Waals surface area contributed by atoms with Crippen LogP contribution in [-0.4, -0.2) is 16.8 Å². The first-order chi connectivity index (χ1) is 6.28. The number of ether oxygens (including phenoxy) is 1. The molecule has 0 N–H and O–H groups in total. The van der Waals surface area contributed by atoms with Crippen LogP contribution in [0.5, 0.6) is 0 Å². The van der Waals surface area contributed by atoms with Crippen molar-refractivity contribution in [3.63, 3.8) is 0 Å². The molecule has 1 spiro atoms. The van der Waals surface area contributed by atoms with Crippen molar-refractivity contribution in [1.82, 2.24) is 0 Å². The van der Waals surface area contributed by atoms with Crippen LogP contribution in [0.15, 0.2) is 0 Å². The van der Waals surface area contributed by atoms with Gasteiger partial charge in [0, 0.05) is 5.75 Å². The Morgan fingerprint density at radius 2 is 2.00 bits per heavy atom. The van der Waals surface area contributed by atoms with E-state index in [1.807, 2.05) is 0 Å². The normalized spacial score (nSPS) is 54.7. The highest BCUT2D eigenvalue weighted by molar-refractivity contribution is 8.00. The van der Waals surface area contributed by atoms with Crippen molar-refractivity contribution in [1.29, 1.82) is 0 Å². The maximum atomic E-state index is 6.19. The predicted molar refractivity (Wildman–Crippen MR) is 55.8 cm³/mol. The van der Waals surface area contributed by atoms with Gasteiger partial charge in [0.2, 0.25) is 0 Å². The average molecular weight is 198 g/mol. The monoisotopic (exact) mass is 198 g/mol. The van der Waals surface area contributed by atoms with Gasteiger partial charge in [0.25, 0.3) is 0 Å². The fourth-order valence-corrected chi connectivity index (χ4v) is 5.01. The van der Waals surface area contributed by atoms with Gasteiger partial charge in [-0.3, -0.25) is 0 Å². The number of rotatable bonds is 0. The van der Waals surface area contributed by atoms with Crippen LogP contribution in [0, 0.1) is 11.8 Å². The van der Waals surface area contributed by atoms with Crippen LogP contribution in [0.25, 0.3) is 0 Å². The molecular weight excluding hydrogens is 180 g/mol. The zero-order valence-corrected chi connectivity index (χ0v) is 9.11. The van der Waals surface area contributed by atoms with E-state index < -0.39 is 0 Å². The molecule has 2 bridgehead atoms. The Bertz CT molecular complexity index is 210. The van der Waals surface area contributed by atoms with Crippen molar-refractivity contribution in [3.05, 3.63) is 0 Å². The first-order valence-electron chi connectivity index (χ1n) is 5.60. The molecule has 13 heavy (non-hydrogen) atoms. The summed E-state index contributed by atoms with van der Waals surface area (Å²) in [4.78, 5) is 0.278. The number of hydrogen-bond donors (Lipinski definition) is 0. The minimum atomic E-state index is 0.278. The van der Waals surface area contributed by atoms with Gasteiger partial charge in [0.05, 0.1) is 6.10 Å². The van der Waals surface area contributed by atoms with Crippen molar-refractivity contribution in [2.24, 2.45) is 11.8 Å². The van der Waals surface area contributed by atoms with E-state index in [9.17, 15) is 0 Å². The standard InChI is InChI=1S/C11H18OS/c1-8-7-13-11(12-8)6-9-2-4-10(11)5-3-9/h8-10H,2-7H2,1H3/t8-,9?,10?,11?/m1/s1. The first-order valence-corrected chi connectivity index (χ1v) is 6.59. The number of hydrogen-bond acceptors (Lipinski definition) is 2. The van der Waals surface area contributed by atoms with Gasteiger partial charge in [0.1, 0.15) is 4.93 Å². The van der Waals surface area contributed by atoms with E-state index in [4.69, 9.17) is 4.74 Å². The maximum absolute atomic E-state index is 6.19. The lowest BCUT2D eigenvalue weighted by Gasteiger charge is -2.48. The van der Waals surface area contributed by atoms with Crippen molar-refractivity contribution < 1.29 is 4.74 Å². The second-order valence-electron chi connectivity index (χ2n) is 4.97. The third-order valence-corrected chi connectivity index (χ3v) is 5.73. The largest absolute Gasteiger partial charge is 0.360 e. The summed E-state index contributed by atoms with van der Waals surface area (Å²) in [5.41, 5.74) is 0. The maximum Gasteiger partial charge on any atom is 0.117 e. The fourth-order valence-electron chi connectivity index (χ4n) is 3.36. The van der Waals surface area contributed by atoms with Crippen LogP contribution in [0.4, 0.5) is 0 Å². The molecular formula is C11H18OS. The zero-order chi connectivity index (χ0) is 8.89. The van der Waals surface area contributed by atoms with Crippen LogP contribution in [0.3, 0.4) is 0 Å². The van der Waals surface area contributed by atoms with Crippen LogP contribution in [-0.2, 0) is 4.74 Å². The second kappa shape index (κ2) is 2.90. The van der Waals surface area contributed by atoms with Crippen LogP contribution >= 0.6 is 11.8 Å². The van der Waals surface area contributed by atoms with E-state index in [1.54, 1.807) is 0 Å². The number of fused-ring (bicyclic) bond motifs is 2. The summed E-state index contributed by atoms with van der Waals surface area (Å²) in [5.74, 6) is 3.10. The van der Waals surface area contributed by atoms with Gasteiger partial charge < -0.3 is 4.74 Å². The Balaban J connectivity index is 1.83. The smallest absolute Gasteiger partial charge is 0.117 e. The molecule has 4 fully saturated rings. The van der Waals surface area contributed by atoms with Gasteiger partial charge in [0.15, 0.2) is 0 Å². The Kier molecular flexibility index (Phi) is 1.92. The Morgan fingerprint density at radius 1 is 1.23 bits per heavy atom. The molecule has 1 unspecified atom stereocenters. The van der Waals surface area contributed by atoms with Crippen LogP contribution < -0.4 is 0 Å². The average Bonchev–Trinajstić information content (AvgIpc) is 2.49. The Morgan fingerprint density at radius 3 is 2.46 bits per heavy atom. The van der Waals surface area contributed by atoms with E-state index in [0.717, 1.165) is 11.8 Å². The molecule has 74 valence electrons. The summed E-state index contributed by atoms with van der Waals surface area (Å²) >= 11 is 2.11. The lowest BCUT2D eigenvalue weighted by Crippen LogP contribution is -2.45. The molecule has 1 nitrogen and oxygen atoms in total. The molecule has 3 saturated carbocycles. The SMILES string of the molecule is C[C@@H]1CSC2(CC3CCC2CC3)O1. The highest BCUT2D eigenvalue weighted by Crippen LogP contribution is 2.57. The molecule has 1 heterocycles. The van der Waals surface area contributed by atoms with Crippen molar-refractivity contribution >= 4 is 11.8 Å². The molecule has 0 aromatic rings. The molecule has 2 heteroatoms. The van der Waals surface area contributed by atoms with Gasteiger partial charge in [-0.2, -0.15) is 0 Å². The third-order valence-electron chi connectivity index (χ3n) is 4.00. The second-order valence-corrected chi connectivity index (χ2v) is 6.29. The lowest BCUT2D eigenvalue weighted by molar-refractivity contribution is -0.0914. The number of thioether (sulfide) groups is 1. The quantitative estimate of drug-likeness (QED) is 0.591. The molecule has 0 amide bonds. The van der Waals surface area contributed by atoms with Gasteiger partial charge in [-0.25, -0.2) is 0 Å². The predicted octanol–water partition coefficient (Wildman–Crippen LogP) is 3.04. The molecule has 4 rings (SSSR count). The van der Waals surface area contributed by atoms with Crippen LogP contribution in [0.1, 0.15) is 39.0 Å². The van der Waals surface area contributed by atoms with Gasteiger partial charge >= 0.3 is 0 Å². The summed E-state index contributed by atoms with van der Waals surface area (Å²) in [6.07, 6.45) is 7.68. The van der Waals surface area contributed by atoms with E-state index in [-0.39, 0.29) is 4.93 Å². The molecule has 0 aromatic carbocycles. The third kappa shape index (κ3) is 1.25. The van der Waals surface area contributed by atoms with Gasteiger partial charge in [-0.15, -0.1) is 11.8 Å². The summed E-state index contributed by atoms with van der Waals surface area (Å²) in [6, 6.07) is 0. The minimum absolute atomic E-state index is 0.278. The molecule has 2 atom stereocenters. The van der Waals surface area contributed by atoms with E-state index in [0.29, 0.717) is 6.10 Å². The van der Waals surface area contributed by atoms with E-state index in [1.165, 1.54) is 37.9 Å². The molecule has 1 aliphatic heterocycles. The summed E-state index contributed by atoms with van der Waals surface area (Å²) in [5, 5.41) is 0.